The molecule has 2 aromatic rings. The summed E-state index contributed by atoms with van der Waals surface area (Å²) in [5.41, 5.74) is 0.571. The van der Waals surface area contributed by atoms with E-state index in [4.69, 9.17) is 16.0 Å². The van der Waals surface area contributed by atoms with Crippen molar-refractivity contribution < 1.29 is 24.0 Å². The van der Waals surface area contributed by atoms with Gasteiger partial charge in [-0.15, -0.1) is 6.42 Å². The molecule has 0 bridgehead atoms. The molecule has 0 radical (unpaired) electrons. The molecule has 118 valence electrons. The van der Waals surface area contributed by atoms with Crippen molar-refractivity contribution in [2.75, 3.05) is 6.61 Å². The van der Waals surface area contributed by atoms with Gasteiger partial charge in [-0.1, -0.05) is 23.1 Å². The van der Waals surface area contributed by atoms with Crippen molar-refractivity contribution in [3.05, 3.63) is 65.2 Å². The summed E-state index contributed by atoms with van der Waals surface area (Å²) >= 11 is 0. The second-order valence-electron chi connectivity index (χ2n) is 4.85. The van der Waals surface area contributed by atoms with Gasteiger partial charge < -0.3 is 9.57 Å². The first-order valence-corrected chi connectivity index (χ1v) is 6.98. The fraction of sp³-hybridized carbons (Fsp3) is 0.0556. The summed E-state index contributed by atoms with van der Waals surface area (Å²) in [5, 5.41) is 0.468. The number of carbonyl (C=O) groups is 3. The Morgan fingerprint density at radius 1 is 1.00 bits per heavy atom. The maximum atomic E-state index is 12.1. The third-order valence-corrected chi connectivity index (χ3v) is 3.34. The molecule has 2 amide bonds. The number of hydrogen-bond acceptors (Lipinski definition) is 5. The highest BCUT2D eigenvalue weighted by Crippen LogP contribution is 2.23. The smallest absolute Gasteiger partial charge is 0.363 e. The van der Waals surface area contributed by atoms with Crippen LogP contribution < -0.4 is 4.74 Å². The lowest BCUT2D eigenvalue weighted by molar-refractivity contribution is -0.0584. The molecule has 6 heteroatoms. The fourth-order valence-electron chi connectivity index (χ4n) is 2.20. The molecule has 0 N–H and O–H groups in total. The zero-order valence-corrected chi connectivity index (χ0v) is 12.4. The highest BCUT2D eigenvalue weighted by atomic mass is 16.7. The summed E-state index contributed by atoms with van der Waals surface area (Å²) in [6, 6.07) is 12.2. The fourth-order valence-corrected chi connectivity index (χ4v) is 2.20. The molecule has 0 saturated heterocycles. The number of rotatable bonds is 4. The average Bonchev–Trinajstić information content (AvgIpc) is 2.85. The molecule has 24 heavy (non-hydrogen) atoms. The third-order valence-electron chi connectivity index (χ3n) is 3.34. The number of carbonyl (C=O) groups excluding carboxylic acids is 3. The van der Waals surface area contributed by atoms with Crippen molar-refractivity contribution in [1.29, 1.82) is 0 Å². The molecule has 1 heterocycles. The molecule has 1 aliphatic heterocycles. The first-order valence-electron chi connectivity index (χ1n) is 6.98. The van der Waals surface area contributed by atoms with E-state index in [-0.39, 0.29) is 23.3 Å². The van der Waals surface area contributed by atoms with E-state index < -0.39 is 17.8 Å². The van der Waals surface area contributed by atoms with Crippen LogP contribution in [0.15, 0.2) is 48.5 Å². The van der Waals surface area contributed by atoms with Crippen LogP contribution in [0.1, 0.15) is 31.1 Å². The van der Waals surface area contributed by atoms with E-state index in [0.717, 1.165) is 0 Å². The van der Waals surface area contributed by atoms with E-state index in [1.807, 2.05) is 0 Å². The molecule has 6 nitrogen and oxygen atoms in total. The summed E-state index contributed by atoms with van der Waals surface area (Å²) in [7, 11) is 0. The minimum atomic E-state index is -0.826. The third kappa shape index (κ3) is 2.71. The summed E-state index contributed by atoms with van der Waals surface area (Å²) < 4.78 is 5.19. The summed E-state index contributed by atoms with van der Waals surface area (Å²) in [5.74, 6) is 0.653. The Kier molecular flexibility index (Phi) is 4.00. The molecule has 0 aliphatic carbocycles. The van der Waals surface area contributed by atoms with Gasteiger partial charge in [-0.25, -0.2) is 4.79 Å². The predicted molar refractivity (Wildman–Crippen MR) is 83.1 cm³/mol. The SMILES string of the molecule is C#CCOc1ccc(C(=O)ON2C(=O)c3ccccc3C2=O)cc1. The number of hydroxylamine groups is 2. The topological polar surface area (TPSA) is 72.9 Å². The summed E-state index contributed by atoms with van der Waals surface area (Å²) in [6.45, 7) is 0.110. The van der Waals surface area contributed by atoms with Gasteiger partial charge in [0, 0.05) is 0 Å². The first kappa shape index (κ1) is 15.3. The Labute approximate surface area is 137 Å². The number of benzene rings is 2. The second-order valence-corrected chi connectivity index (χ2v) is 4.85. The van der Waals surface area contributed by atoms with Crippen LogP contribution in [-0.2, 0) is 4.84 Å². The van der Waals surface area contributed by atoms with Crippen LogP contribution in [0, 0.1) is 12.3 Å². The minimum absolute atomic E-state index is 0.110. The van der Waals surface area contributed by atoms with Gasteiger partial charge in [0.25, 0.3) is 11.8 Å². The average molecular weight is 321 g/mol. The zero-order chi connectivity index (χ0) is 17.1. The van der Waals surface area contributed by atoms with Gasteiger partial charge in [0.2, 0.25) is 0 Å². The standard InChI is InChI=1S/C18H11NO5/c1-2-11-23-13-9-7-12(8-10-13)18(22)24-19-16(20)14-5-3-4-6-15(14)17(19)21/h1,3-10H,11H2. The summed E-state index contributed by atoms with van der Waals surface area (Å²) in [4.78, 5) is 41.3. The Hall–Kier alpha value is -3.59. The largest absolute Gasteiger partial charge is 0.481 e. The van der Waals surface area contributed by atoms with E-state index in [0.29, 0.717) is 10.8 Å². The Morgan fingerprint density at radius 3 is 2.12 bits per heavy atom. The summed E-state index contributed by atoms with van der Waals surface area (Å²) in [6.07, 6.45) is 5.09. The maximum Gasteiger partial charge on any atom is 0.363 e. The molecule has 3 rings (SSSR count). The monoisotopic (exact) mass is 321 g/mol. The lowest BCUT2D eigenvalue weighted by Gasteiger charge is -2.12. The van der Waals surface area contributed by atoms with Crippen molar-refractivity contribution in [1.82, 2.24) is 5.06 Å². The van der Waals surface area contributed by atoms with Crippen molar-refractivity contribution >= 4 is 17.8 Å². The number of fused-ring (bicyclic) bond motifs is 1. The van der Waals surface area contributed by atoms with Crippen LogP contribution in [-0.4, -0.2) is 29.5 Å². The van der Waals surface area contributed by atoms with Crippen molar-refractivity contribution in [3.8, 4) is 18.1 Å². The van der Waals surface area contributed by atoms with E-state index >= 15 is 0 Å². The molecule has 0 spiro atoms. The number of nitrogens with zero attached hydrogens (tertiary/aromatic N) is 1. The highest BCUT2D eigenvalue weighted by Gasteiger charge is 2.38. The second kappa shape index (κ2) is 6.26. The molecule has 0 unspecified atom stereocenters. The van der Waals surface area contributed by atoms with Crippen molar-refractivity contribution in [2.24, 2.45) is 0 Å². The molecule has 0 saturated carbocycles. The van der Waals surface area contributed by atoms with Crippen LogP contribution >= 0.6 is 0 Å². The normalized spacial score (nSPS) is 12.5. The van der Waals surface area contributed by atoms with E-state index in [9.17, 15) is 14.4 Å². The van der Waals surface area contributed by atoms with E-state index in [1.54, 1.807) is 12.1 Å². The number of imide groups is 1. The zero-order valence-electron chi connectivity index (χ0n) is 12.4. The Bertz CT molecular complexity index is 829. The van der Waals surface area contributed by atoms with Gasteiger partial charge in [-0.2, -0.15) is 0 Å². The lowest BCUT2D eigenvalue weighted by atomic mass is 10.1. The minimum Gasteiger partial charge on any atom is -0.481 e. The van der Waals surface area contributed by atoms with Crippen molar-refractivity contribution in [2.45, 2.75) is 0 Å². The van der Waals surface area contributed by atoms with Gasteiger partial charge in [0.05, 0.1) is 16.7 Å². The van der Waals surface area contributed by atoms with Crippen molar-refractivity contribution in [3.63, 3.8) is 0 Å². The van der Waals surface area contributed by atoms with Crippen LogP contribution in [0.4, 0.5) is 0 Å². The van der Waals surface area contributed by atoms with Crippen LogP contribution in [0.2, 0.25) is 0 Å². The van der Waals surface area contributed by atoms with E-state index in [2.05, 4.69) is 5.92 Å². The van der Waals surface area contributed by atoms with Gasteiger partial charge >= 0.3 is 5.97 Å². The molecular weight excluding hydrogens is 310 g/mol. The number of hydrogen-bond donors (Lipinski definition) is 0. The highest BCUT2D eigenvalue weighted by molar-refractivity contribution is 6.21. The number of terminal acetylenes is 1. The van der Waals surface area contributed by atoms with Gasteiger partial charge in [-0.3, -0.25) is 9.59 Å². The van der Waals surface area contributed by atoms with E-state index in [1.165, 1.54) is 36.4 Å². The molecule has 2 aromatic carbocycles. The van der Waals surface area contributed by atoms with Crippen LogP contribution in [0.3, 0.4) is 0 Å². The number of amides is 2. The Balaban J connectivity index is 1.73. The quantitative estimate of drug-likeness (QED) is 0.637. The van der Waals surface area contributed by atoms with Gasteiger partial charge in [0.1, 0.15) is 12.4 Å². The molecule has 0 fully saturated rings. The Morgan fingerprint density at radius 2 is 1.58 bits per heavy atom. The van der Waals surface area contributed by atoms with Gasteiger partial charge in [0.15, 0.2) is 0 Å². The molecule has 1 aliphatic rings. The number of ether oxygens (including phenoxy) is 1. The molecule has 0 atom stereocenters. The lowest BCUT2D eigenvalue weighted by Crippen LogP contribution is -2.32. The van der Waals surface area contributed by atoms with Gasteiger partial charge in [-0.05, 0) is 36.4 Å². The maximum absolute atomic E-state index is 12.1. The first-order chi connectivity index (χ1) is 11.6. The molecule has 0 aromatic heterocycles. The van der Waals surface area contributed by atoms with Crippen LogP contribution in [0.25, 0.3) is 0 Å². The molecular formula is C18H11NO5. The predicted octanol–water partition coefficient (Wildman–Crippen LogP) is 2.07. The van der Waals surface area contributed by atoms with Crippen LogP contribution in [0.5, 0.6) is 5.75 Å².